The van der Waals surface area contributed by atoms with Crippen LogP contribution in [0.2, 0.25) is 0 Å². The molecule has 12 heavy (non-hydrogen) atoms. The van der Waals surface area contributed by atoms with Gasteiger partial charge < -0.3 is 9.47 Å². The van der Waals surface area contributed by atoms with E-state index in [0.29, 0.717) is 24.0 Å². The summed E-state index contributed by atoms with van der Waals surface area (Å²) >= 11 is 0. The first-order chi connectivity index (χ1) is 5.61. The van der Waals surface area contributed by atoms with E-state index in [-0.39, 0.29) is 0 Å². The predicted octanol–water partition coefficient (Wildman–Crippen LogP) is 2.08. The molecule has 0 aromatic rings. The lowest BCUT2D eigenvalue weighted by atomic mass is 9.93. The van der Waals surface area contributed by atoms with Crippen LogP contribution in [0.1, 0.15) is 27.7 Å². The fourth-order valence-corrected chi connectivity index (χ4v) is 1.66. The highest BCUT2D eigenvalue weighted by atomic mass is 16.6. The summed E-state index contributed by atoms with van der Waals surface area (Å²) in [5, 5.41) is 0. The second-order valence-corrected chi connectivity index (χ2v) is 4.17. The third-order valence-electron chi connectivity index (χ3n) is 2.37. The summed E-state index contributed by atoms with van der Waals surface area (Å²) < 4.78 is 11.2. The minimum Gasteiger partial charge on any atom is -0.378 e. The van der Waals surface area contributed by atoms with Crippen molar-refractivity contribution in [1.82, 2.24) is 0 Å². The van der Waals surface area contributed by atoms with Crippen LogP contribution in [0.25, 0.3) is 0 Å². The maximum Gasteiger partial charge on any atom is 0.0864 e. The molecule has 2 atom stereocenters. The zero-order valence-electron chi connectivity index (χ0n) is 8.54. The molecule has 0 amide bonds. The first-order valence-electron chi connectivity index (χ1n) is 4.84. The van der Waals surface area contributed by atoms with E-state index in [2.05, 4.69) is 27.7 Å². The summed E-state index contributed by atoms with van der Waals surface area (Å²) in [5.41, 5.74) is 0. The Morgan fingerprint density at radius 3 is 2.33 bits per heavy atom. The number of ether oxygens (including phenoxy) is 2. The van der Waals surface area contributed by atoms with E-state index in [0.717, 1.165) is 13.2 Å². The summed E-state index contributed by atoms with van der Waals surface area (Å²) in [7, 11) is 0. The molecule has 1 aliphatic rings. The number of rotatable bonds is 3. The van der Waals surface area contributed by atoms with Crippen molar-refractivity contribution >= 4 is 0 Å². The lowest BCUT2D eigenvalue weighted by Crippen LogP contribution is -2.28. The smallest absolute Gasteiger partial charge is 0.0864 e. The van der Waals surface area contributed by atoms with Gasteiger partial charge in [-0.05, 0) is 19.8 Å². The minimum absolute atomic E-state index is 0.318. The van der Waals surface area contributed by atoms with Gasteiger partial charge in [0.25, 0.3) is 0 Å². The molecule has 2 heteroatoms. The second kappa shape index (κ2) is 4.24. The molecule has 1 rings (SSSR count). The Bertz CT molecular complexity index is 132. The standard InChI is InChI=1S/C10H20O2/c1-7(2)9-5-11-6-10(9)12-8(3)4/h7-10H,5-6H2,1-4H3/t9-,10+/m0/s1. The molecule has 0 radical (unpaired) electrons. The highest BCUT2D eigenvalue weighted by molar-refractivity contribution is 4.78. The van der Waals surface area contributed by atoms with E-state index in [9.17, 15) is 0 Å². The third kappa shape index (κ3) is 2.46. The fourth-order valence-electron chi connectivity index (χ4n) is 1.66. The third-order valence-corrected chi connectivity index (χ3v) is 2.37. The van der Waals surface area contributed by atoms with E-state index < -0.39 is 0 Å². The molecular weight excluding hydrogens is 152 g/mol. The van der Waals surface area contributed by atoms with Crippen LogP contribution in [0, 0.1) is 11.8 Å². The van der Waals surface area contributed by atoms with E-state index in [1.165, 1.54) is 0 Å². The Balaban J connectivity index is 2.41. The Morgan fingerprint density at radius 2 is 1.83 bits per heavy atom. The van der Waals surface area contributed by atoms with Gasteiger partial charge in [-0.25, -0.2) is 0 Å². The average Bonchev–Trinajstić information content (AvgIpc) is 2.33. The summed E-state index contributed by atoms with van der Waals surface area (Å²) in [5.74, 6) is 1.25. The highest BCUT2D eigenvalue weighted by Crippen LogP contribution is 2.25. The summed E-state index contributed by atoms with van der Waals surface area (Å²) in [6.07, 6.45) is 0.642. The second-order valence-electron chi connectivity index (χ2n) is 4.17. The lowest BCUT2D eigenvalue weighted by molar-refractivity contribution is -0.0208. The van der Waals surface area contributed by atoms with Crippen LogP contribution in [0.3, 0.4) is 0 Å². The van der Waals surface area contributed by atoms with Gasteiger partial charge in [0.1, 0.15) is 0 Å². The Kier molecular flexibility index (Phi) is 3.53. The van der Waals surface area contributed by atoms with Crippen molar-refractivity contribution in [1.29, 1.82) is 0 Å². The molecule has 0 bridgehead atoms. The first-order valence-corrected chi connectivity index (χ1v) is 4.84. The van der Waals surface area contributed by atoms with Crippen molar-refractivity contribution in [3.8, 4) is 0 Å². The Morgan fingerprint density at radius 1 is 1.17 bits per heavy atom. The van der Waals surface area contributed by atoms with Crippen molar-refractivity contribution in [2.45, 2.75) is 39.9 Å². The molecule has 0 saturated carbocycles. The molecule has 1 aliphatic heterocycles. The van der Waals surface area contributed by atoms with Crippen LogP contribution in [-0.4, -0.2) is 25.4 Å². The fraction of sp³-hybridized carbons (Fsp3) is 1.00. The van der Waals surface area contributed by atoms with Gasteiger partial charge in [-0.2, -0.15) is 0 Å². The van der Waals surface area contributed by atoms with Crippen LogP contribution in [0.5, 0.6) is 0 Å². The monoisotopic (exact) mass is 172 g/mol. The number of hydrogen-bond donors (Lipinski definition) is 0. The van der Waals surface area contributed by atoms with Crippen molar-refractivity contribution in [3.05, 3.63) is 0 Å². The molecule has 1 fully saturated rings. The summed E-state index contributed by atoms with van der Waals surface area (Å²) in [6.45, 7) is 10.3. The van der Waals surface area contributed by atoms with Crippen LogP contribution < -0.4 is 0 Å². The molecule has 1 heterocycles. The van der Waals surface area contributed by atoms with Gasteiger partial charge >= 0.3 is 0 Å². The molecule has 0 spiro atoms. The molecule has 0 N–H and O–H groups in total. The summed E-state index contributed by atoms with van der Waals surface area (Å²) in [4.78, 5) is 0. The van der Waals surface area contributed by atoms with Gasteiger partial charge in [0.15, 0.2) is 0 Å². The predicted molar refractivity (Wildman–Crippen MR) is 49.2 cm³/mol. The Hall–Kier alpha value is -0.0800. The number of hydrogen-bond acceptors (Lipinski definition) is 2. The highest BCUT2D eigenvalue weighted by Gasteiger charge is 2.31. The van der Waals surface area contributed by atoms with Gasteiger partial charge in [0, 0.05) is 5.92 Å². The van der Waals surface area contributed by atoms with Crippen LogP contribution in [-0.2, 0) is 9.47 Å². The average molecular weight is 172 g/mol. The maximum absolute atomic E-state index is 5.76. The molecule has 0 aromatic carbocycles. The van der Waals surface area contributed by atoms with E-state index in [1.54, 1.807) is 0 Å². The van der Waals surface area contributed by atoms with Crippen LogP contribution >= 0.6 is 0 Å². The van der Waals surface area contributed by atoms with Gasteiger partial charge in [-0.3, -0.25) is 0 Å². The van der Waals surface area contributed by atoms with Crippen LogP contribution in [0.4, 0.5) is 0 Å². The first kappa shape index (κ1) is 10.0. The Labute approximate surface area is 75.2 Å². The molecule has 0 unspecified atom stereocenters. The SMILES string of the molecule is CC(C)O[C@@H]1COC[C@H]1C(C)C. The molecule has 72 valence electrons. The van der Waals surface area contributed by atoms with Gasteiger partial charge in [0.2, 0.25) is 0 Å². The zero-order chi connectivity index (χ0) is 9.14. The van der Waals surface area contributed by atoms with Crippen molar-refractivity contribution in [3.63, 3.8) is 0 Å². The molecule has 0 aromatic heterocycles. The van der Waals surface area contributed by atoms with Gasteiger partial charge in [0.05, 0.1) is 25.4 Å². The van der Waals surface area contributed by atoms with E-state index in [1.807, 2.05) is 0 Å². The minimum atomic E-state index is 0.318. The normalized spacial score (nSPS) is 30.5. The van der Waals surface area contributed by atoms with Gasteiger partial charge in [-0.15, -0.1) is 0 Å². The quantitative estimate of drug-likeness (QED) is 0.649. The summed E-state index contributed by atoms with van der Waals surface area (Å²) in [6, 6.07) is 0. The zero-order valence-corrected chi connectivity index (χ0v) is 8.54. The lowest BCUT2D eigenvalue weighted by Gasteiger charge is -2.23. The van der Waals surface area contributed by atoms with E-state index in [4.69, 9.17) is 9.47 Å². The maximum atomic E-state index is 5.76. The van der Waals surface area contributed by atoms with Crippen molar-refractivity contribution in [2.24, 2.45) is 11.8 Å². The molecule has 1 saturated heterocycles. The van der Waals surface area contributed by atoms with Gasteiger partial charge in [-0.1, -0.05) is 13.8 Å². The molecule has 2 nitrogen and oxygen atoms in total. The van der Waals surface area contributed by atoms with Crippen molar-refractivity contribution in [2.75, 3.05) is 13.2 Å². The topological polar surface area (TPSA) is 18.5 Å². The van der Waals surface area contributed by atoms with Crippen molar-refractivity contribution < 1.29 is 9.47 Å². The largest absolute Gasteiger partial charge is 0.378 e. The van der Waals surface area contributed by atoms with Crippen LogP contribution in [0.15, 0.2) is 0 Å². The molecule has 0 aliphatic carbocycles. The van der Waals surface area contributed by atoms with E-state index >= 15 is 0 Å². The molecular formula is C10H20O2.